The summed E-state index contributed by atoms with van der Waals surface area (Å²) >= 11 is 0. The normalized spacial score (nSPS) is 18.6. The van der Waals surface area contributed by atoms with Crippen molar-refractivity contribution in [2.24, 2.45) is 5.92 Å². The highest BCUT2D eigenvalue weighted by Gasteiger charge is 2.30. The van der Waals surface area contributed by atoms with Crippen LogP contribution >= 0.6 is 0 Å². The molecule has 1 aromatic rings. The van der Waals surface area contributed by atoms with Crippen molar-refractivity contribution in [1.29, 1.82) is 0 Å². The topological polar surface area (TPSA) is 43.4 Å². The van der Waals surface area contributed by atoms with Crippen molar-refractivity contribution in [1.82, 2.24) is 0 Å². The van der Waals surface area contributed by atoms with Gasteiger partial charge in [-0.05, 0) is 31.2 Å². The minimum absolute atomic E-state index is 0.322. The third kappa shape index (κ3) is 3.92. The maximum absolute atomic E-state index is 12.6. The van der Waals surface area contributed by atoms with E-state index in [2.05, 4.69) is 0 Å². The number of ether oxygens (including phenoxy) is 1. The molecule has 0 spiro atoms. The molecular weight excluding hydrogens is 272 g/mol. The van der Waals surface area contributed by atoms with Crippen molar-refractivity contribution in [3.8, 4) is 0 Å². The standard InChI is InChI=1S/C16H22O3S/c1-2-19-16(17)15(14-10-4-3-5-11-14)20(18)12-13-8-6-7-9-13/h3-5,10-11,13,15H,2,6-9,12H2,1H3. The summed E-state index contributed by atoms with van der Waals surface area (Å²) < 4.78 is 17.7. The summed E-state index contributed by atoms with van der Waals surface area (Å²) in [5.74, 6) is 0.741. The van der Waals surface area contributed by atoms with Crippen LogP contribution in [-0.4, -0.2) is 22.5 Å². The van der Waals surface area contributed by atoms with E-state index < -0.39 is 16.0 Å². The molecule has 0 radical (unpaired) electrons. The number of carbonyl (C=O) groups excluding carboxylic acids is 1. The Morgan fingerprint density at radius 2 is 1.95 bits per heavy atom. The van der Waals surface area contributed by atoms with E-state index >= 15 is 0 Å². The predicted molar refractivity (Wildman–Crippen MR) is 80.8 cm³/mol. The molecule has 1 aliphatic carbocycles. The Bertz CT molecular complexity index is 452. The molecule has 0 heterocycles. The molecule has 110 valence electrons. The number of esters is 1. The van der Waals surface area contributed by atoms with Gasteiger partial charge < -0.3 is 4.74 Å². The van der Waals surface area contributed by atoms with E-state index in [-0.39, 0.29) is 5.97 Å². The zero-order valence-electron chi connectivity index (χ0n) is 11.9. The van der Waals surface area contributed by atoms with Crippen LogP contribution in [0.4, 0.5) is 0 Å². The molecule has 4 heteroatoms. The highest BCUT2D eigenvalue weighted by molar-refractivity contribution is 7.86. The van der Waals surface area contributed by atoms with Gasteiger partial charge in [0, 0.05) is 16.6 Å². The summed E-state index contributed by atoms with van der Waals surface area (Å²) in [4.78, 5) is 12.1. The van der Waals surface area contributed by atoms with Crippen LogP contribution in [0.1, 0.15) is 43.4 Å². The smallest absolute Gasteiger partial charge is 0.326 e. The van der Waals surface area contributed by atoms with Gasteiger partial charge in [0.05, 0.1) is 6.61 Å². The average Bonchev–Trinajstić information content (AvgIpc) is 2.93. The Kier molecular flexibility index (Phi) is 5.77. The first-order valence-electron chi connectivity index (χ1n) is 7.31. The molecule has 2 rings (SSSR count). The molecule has 2 atom stereocenters. The molecule has 0 saturated heterocycles. The van der Waals surface area contributed by atoms with Crippen molar-refractivity contribution >= 4 is 16.8 Å². The molecule has 1 aliphatic rings. The van der Waals surface area contributed by atoms with E-state index in [1.54, 1.807) is 6.92 Å². The first-order valence-corrected chi connectivity index (χ1v) is 8.69. The van der Waals surface area contributed by atoms with Crippen LogP contribution in [0.5, 0.6) is 0 Å². The number of benzene rings is 1. The van der Waals surface area contributed by atoms with Gasteiger partial charge in [-0.25, -0.2) is 0 Å². The van der Waals surface area contributed by atoms with E-state index in [4.69, 9.17) is 4.74 Å². The molecule has 1 fully saturated rings. The lowest BCUT2D eigenvalue weighted by Gasteiger charge is -2.17. The van der Waals surface area contributed by atoms with E-state index in [0.29, 0.717) is 18.3 Å². The lowest BCUT2D eigenvalue weighted by molar-refractivity contribution is -0.142. The molecule has 1 aromatic carbocycles. The van der Waals surface area contributed by atoms with Crippen LogP contribution in [0.3, 0.4) is 0 Å². The number of rotatable bonds is 6. The van der Waals surface area contributed by atoms with Gasteiger partial charge in [0.25, 0.3) is 0 Å². The molecule has 0 bridgehead atoms. The van der Waals surface area contributed by atoms with Crippen molar-refractivity contribution in [2.45, 2.75) is 37.9 Å². The number of carbonyl (C=O) groups is 1. The quantitative estimate of drug-likeness (QED) is 0.757. The molecular formula is C16H22O3S. The van der Waals surface area contributed by atoms with Gasteiger partial charge in [0.2, 0.25) is 0 Å². The zero-order valence-corrected chi connectivity index (χ0v) is 12.7. The lowest BCUT2D eigenvalue weighted by atomic mass is 10.1. The molecule has 0 N–H and O–H groups in total. The molecule has 0 amide bonds. The summed E-state index contributed by atoms with van der Waals surface area (Å²) in [5, 5.41) is -0.642. The van der Waals surface area contributed by atoms with E-state index in [0.717, 1.165) is 18.4 Å². The highest BCUT2D eigenvalue weighted by Crippen LogP contribution is 2.29. The Morgan fingerprint density at radius 3 is 2.55 bits per heavy atom. The monoisotopic (exact) mass is 294 g/mol. The summed E-state index contributed by atoms with van der Waals surface area (Å²) in [6, 6.07) is 9.34. The summed E-state index contributed by atoms with van der Waals surface area (Å²) in [6.07, 6.45) is 4.71. The molecule has 1 saturated carbocycles. The first kappa shape index (κ1) is 15.2. The molecule has 3 nitrogen and oxygen atoms in total. The van der Waals surface area contributed by atoms with Gasteiger partial charge in [0.15, 0.2) is 5.25 Å². The fourth-order valence-corrected chi connectivity index (χ4v) is 4.48. The van der Waals surface area contributed by atoms with Crippen LogP contribution in [0, 0.1) is 5.92 Å². The summed E-state index contributed by atoms with van der Waals surface area (Å²) in [6.45, 7) is 2.10. The maximum atomic E-state index is 12.6. The Hall–Kier alpha value is -1.16. The van der Waals surface area contributed by atoms with Gasteiger partial charge in [-0.2, -0.15) is 0 Å². The van der Waals surface area contributed by atoms with Gasteiger partial charge in [-0.15, -0.1) is 0 Å². The SMILES string of the molecule is CCOC(=O)C(c1ccccc1)S(=O)CC1CCCC1. The fourth-order valence-electron chi connectivity index (χ4n) is 2.75. The van der Waals surface area contributed by atoms with E-state index in [9.17, 15) is 9.00 Å². The van der Waals surface area contributed by atoms with Crippen LogP contribution < -0.4 is 0 Å². The molecule has 20 heavy (non-hydrogen) atoms. The predicted octanol–water partition coefficient (Wildman–Crippen LogP) is 3.23. The Balaban J connectivity index is 2.13. The Morgan fingerprint density at radius 1 is 1.30 bits per heavy atom. The van der Waals surface area contributed by atoms with Crippen LogP contribution in [0.2, 0.25) is 0 Å². The number of hydrogen-bond acceptors (Lipinski definition) is 3. The first-order chi connectivity index (χ1) is 9.72. The second kappa shape index (κ2) is 7.58. The van der Waals surface area contributed by atoms with Crippen LogP contribution in [0.25, 0.3) is 0 Å². The molecule has 0 aliphatic heterocycles. The lowest BCUT2D eigenvalue weighted by Crippen LogP contribution is -2.24. The van der Waals surface area contributed by atoms with Crippen molar-refractivity contribution in [3.63, 3.8) is 0 Å². The van der Waals surface area contributed by atoms with Crippen LogP contribution in [0.15, 0.2) is 30.3 Å². The van der Waals surface area contributed by atoms with Gasteiger partial charge in [-0.1, -0.05) is 43.2 Å². The second-order valence-electron chi connectivity index (χ2n) is 5.24. The average molecular weight is 294 g/mol. The maximum Gasteiger partial charge on any atom is 0.326 e. The van der Waals surface area contributed by atoms with Gasteiger partial charge >= 0.3 is 5.97 Å². The molecule has 0 aromatic heterocycles. The third-order valence-electron chi connectivity index (χ3n) is 3.74. The van der Waals surface area contributed by atoms with Gasteiger partial charge in [-0.3, -0.25) is 9.00 Å². The van der Waals surface area contributed by atoms with E-state index in [1.165, 1.54) is 12.8 Å². The number of hydrogen-bond donors (Lipinski definition) is 0. The van der Waals surface area contributed by atoms with Crippen molar-refractivity contribution < 1.29 is 13.7 Å². The molecule has 2 unspecified atom stereocenters. The largest absolute Gasteiger partial charge is 0.465 e. The minimum atomic E-state index is -1.20. The summed E-state index contributed by atoms with van der Waals surface area (Å²) in [7, 11) is -1.20. The summed E-state index contributed by atoms with van der Waals surface area (Å²) in [5.41, 5.74) is 0.794. The fraction of sp³-hybridized carbons (Fsp3) is 0.562. The highest BCUT2D eigenvalue weighted by atomic mass is 32.2. The Labute approximate surface area is 123 Å². The zero-order chi connectivity index (χ0) is 14.4. The van der Waals surface area contributed by atoms with Gasteiger partial charge in [0.1, 0.15) is 0 Å². The minimum Gasteiger partial charge on any atom is -0.465 e. The van der Waals surface area contributed by atoms with Crippen molar-refractivity contribution in [2.75, 3.05) is 12.4 Å². The van der Waals surface area contributed by atoms with Crippen LogP contribution in [-0.2, 0) is 20.3 Å². The van der Waals surface area contributed by atoms with Crippen molar-refractivity contribution in [3.05, 3.63) is 35.9 Å². The third-order valence-corrected chi connectivity index (χ3v) is 5.53. The van der Waals surface area contributed by atoms with E-state index in [1.807, 2.05) is 30.3 Å². The second-order valence-corrected chi connectivity index (χ2v) is 6.81.